The molecule has 0 heteroatoms. The highest BCUT2D eigenvalue weighted by Gasteiger charge is 2.37. The van der Waals surface area contributed by atoms with Gasteiger partial charge in [0.05, 0.1) is 0 Å². The molecule has 1 aromatic carbocycles. The van der Waals surface area contributed by atoms with Crippen molar-refractivity contribution in [2.24, 2.45) is 5.92 Å². The molecule has 1 atom stereocenters. The second-order valence-electron chi connectivity index (χ2n) is 5.60. The molecule has 0 heterocycles. The van der Waals surface area contributed by atoms with Crippen LogP contribution in [0.5, 0.6) is 0 Å². The number of hydrogen-bond acceptors (Lipinski definition) is 0. The topological polar surface area (TPSA) is 0 Å². The van der Waals surface area contributed by atoms with Crippen molar-refractivity contribution in [2.75, 3.05) is 0 Å². The third-order valence-corrected chi connectivity index (χ3v) is 4.04. The Morgan fingerprint density at radius 1 is 1.19 bits per heavy atom. The van der Waals surface area contributed by atoms with Crippen molar-refractivity contribution in [1.82, 2.24) is 0 Å². The molecule has 0 amide bonds. The molecular formula is C16H18. The van der Waals surface area contributed by atoms with E-state index in [9.17, 15) is 0 Å². The van der Waals surface area contributed by atoms with Gasteiger partial charge >= 0.3 is 0 Å². The number of benzene rings is 1. The highest BCUT2D eigenvalue weighted by molar-refractivity contribution is 5.83. The lowest BCUT2D eigenvalue weighted by Gasteiger charge is -2.24. The van der Waals surface area contributed by atoms with Crippen LogP contribution in [0.2, 0.25) is 0 Å². The maximum Gasteiger partial charge on any atom is 0.0155 e. The zero-order valence-corrected chi connectivity index (χ0v) is 10.2. The van der Waals surface area contributed by atoms with Gasteiger partial charge in [-0.2, -0.15) is 0 Å². The van der Waals surface area contributed by atoms with Crippen LogP contribution in [0.15, 0.2) is 42.0 Å². The van der Waals surface area contributed by atoms with Gasteiger partial charge in [-0.3, -0.25) is 0 Å². The fourth-order valence-electron chi connectivity index (χ4n) is 3.14. The summed E-state index contributed by atoms with van der Waals surface area (Å²) >= 11 is 0. The van der Waals surface area contributed by atoms with Crippen LogP contribution in [-0.4, -0.2) is 0 Å². The van der Waals surface area contributed by atoms with Gasteiger partial charge in [-0.25, -0.2) is 0 Å². The van der Waals surface area contributed by atoms with Gasteiger partial charge in [-0.15, -0.1) is 0 Å². The van der Waals surface area contributed by atoms with E-state index in [1.165, 1.54) is 23.1 Å². The lowest BCUT2D eigenvalue weighted by atomic mass is 9.79. The fourth-order valence-corrected chi connectivity index (χ4v) is 3.14. The first-order valence-electron chi connectivity index (χ1n) is 6.12. The van der Waals surface area contributed by atoms with Crippen molar-refractivity contribution in [3.63, 3.8) is 0 Å². The van der Waals surface area contributed by atoms with Gasteiger partial charge in [0.15, 0.2) is 0 Å². The summed E-state index contributed by atoms with van der Waals surface area (Å²) in [4.78, 5) is 0. The Labute approximate surface area is 97.7 Å². The first-order valence-corrected chi connectivity index (χ1v) is 6.12. The van der Waals surface area contributed by atoms with E-state index in [0.29, 0.717) is 5.92 Å². The van der Waals surface area contributed by atoms with Crippen LogP contribution in [0.1, 0.15) is 38.3 Å². The normalized spacial score (nSPS) is 25.6. The molecule has 0 bridgehead atoms. The van der Waals surface area contributed by atoms with Gasteiger partial charge in [-0.1, -0.05) is 57.2 Å². The minimum absolute atomic E-state index is 0.197. The lowest BCUT2D eigenvalue weighted by Crippen LogP contribution is -2.16. The van der Waals surface area contributed by atoms with Gasteiger partial charge in [0.25, 0.3) is 0 Å². The predicted molar refractivity (Wildman–Crippen MR) is 69.3 cm³/mol. The minimum Gasteiger partial charge on any atom is -0.0810 e. The first kappa shape index (κ1) is 9.89. The van der Waals surface area contributed by atoms with Crippen LogP contribution in [0.3, 0.4) is 0 Å². The van der Waals surface area contributed by atoms with E-state index in [4.69, 9.17) is 0 Å². The van der Waals surface area contributed by atoms with Crippen LogP contribution in [0.25, 0.3) is 5.57 Å². The Bertz CT molecular complexity index is 501. The molecule has 16 heavy (non-hydrogen) atoms. The van der Waals surface area contributed by atoms with Gasteiger partial charge in [-0.05, 0) is 34.6 Å². The Kier molecular flexibility index (Phi) is 1.92. The average Bonchev–Trinajstić information content (AvgIpc) is 2.49. The molecule has 0 N–H and O–H groups in total. The van der Waals surface area contributed by atoms with Crippen molar-refractivity contribution in [3.05, 3.63) is 53.1 Å². The van der Waals surface area contributed by atoms with Crippen molar-refractivity contribution in [2.45, 2.75) is 32.6 Å². The summed E-state index contributed by atoms with van der Waals surface area (Å²) in [5.74, 6) is 0.681. The van der Waals surface area contributed by atoms with E-state index < -0.39 is 0 Å². The molecule has 82 valence electrons. The molecular weight excluding hydrogens is 192 g/mol. The summed E-state index contributed by atoms with van der Waals surface area (Å²) in [6.45, 7) is 6.98. The van der Waals surface area contributed by atoms with E-state index in [2.05, 4.69) is 57.2 Å². The quantitative estimate of drug-likeness (QED) is 0.598. The largest absolute Gasteiger partial charge is 0.0810 e. The predicted octanol–water partition coefficient (Wildman–Crippen LogP) is 4.33. The highest BCUT2D eigenvalue weighted by Crippen LogP contribution is 2.50. The van der Waals surface area contributed by atoms with Crippen LogP contribution in [0.4, 0.5) is 0 Å². The van der Waals surface area contributed by atoms with Crippen molar-refractivity contribution >= 4 is 5.57 Å². The van der Waals surface area contributed by atoms with Crippen LogP contribution >= 0.6 is 0 Å². The van der Waals surface area contributed by atoms with Gasteiger partial charge in [0.1, 0.15) is 0 Å². The molecule has 2 aliphatic carbocycles. The Balaban J connectivity index is 2.24. The average molecular weight is 210 g/mol. The Morgan fingerprint density at radius 3 is 2.75 bits per heavy atom. The van der Waals surface area contributed by atoms with Gasteiger partial charge in [0, 0.05) is 5.41 Å². The summed E-state index contributed by atoms with van der Waals surface area (Å²) in [6, 6.07) is 8.89. The monoisotopic (exact) mass is 210 g/mol. The number of rotatable bonds is 0. The van der Waals surface area contributed by atoms with Crippen LogP contribution < -0.4 is 0 Å². The zero-order chi connectivity index (χ0) is 11.3. The standard InChI is InChI=1S/C16H18/c1-11-8-9-15-13(10-11)12-6-4-5-7-14(12)16(15,2)3/h4-9,11H,10H2,1-3H3. The van der Waals surface area contributed by atoms with Crippen molar-refractivity contribution < 1.29 is 0 Å². The second kappa shape index (κ2) is 3.10. The summed E-state index contributed by atoms with van der Waals surface area (Å²) in [7, 11) is 0. The second-order valence-corrected chi connectivity index (χ2v) is 5.60. The van der Waals surface area contributed by atoms with E-state index in [1.54, 1.807) is 5.57 Å². The molecule has 0 radical (unpaired) electrons. The van der Waals surface area contributed by atoms with Crippen molar-refractivity contribution in [1.29, 1.82) is 0 Å². The Hall–Kier alpha value is -1.30. The van der Waals surface area contributed by atoms with E-state index in [-0.39, 0.29) is 5.41 Å². The highest BCUT2D eigenvalue weighted by atomic mass is 14.4. The number of allylic oxidation sites excluding steroid dienone is 4. The van der Waals surface area contributed by atoms with Crippen molar-refractivity contribution in [3.8, 4) is 0 Å². The third kappa shape index (κ3) is 1.16. The molecule has 0 fully saturated rings. The maximum atomic E-state index is 2.35. The molecule has 2 aliphatic rings. The molecule has 0 nitrogen and oxygen atoms in total. The molecule has 3 rings (SSSR count). The minimum atomic E-state index is 0.197. The molecule has 0 saturated carbocycles. The zero-order valence-electron chi connectivity index (χ0n) is 10.2. The lowest BCUT2D eigenvalue weighted by molar-refractivity contribution is 0.643. The molecule has 0 aliphatic heterocycles. The molecule has 0 aromatic heterocycles. The smallest absolute Gasteiger partial charge is 0.0155 e. The number of hydrogen-bond donors (Lipinski definition) is 0. The Morgan fingerprint density at radius 2 is 1.94 bits per heavy atom. The first-order chi connectivity index (χ1) is 7.60. The van der Waals surface area contributed by atoms with Crippen LogP contribution in [0, 0.1) is 5.92 Å². The summed E-state index contributed by atoms with van der Waals surface area (Å²) in [5, 5.41) is 0. The van der Waals surface area contributed by atoms with E-state index in [1.807, 2.05) is 0 Å². The fraction of sp³-hybridized carbons (Fsp3) is 0.375. The summed E-state index contributed by atoms with van der Waals surface area (Å²) in [5.41, 5.74) is 6.29. The van der Waals surface area contributed by atoms with E-state index in [0.717, 1.165) is 0 Å². The molecule has 1 aromatic rings. The van der Waals surface area contributed by atoms with Gasteiger partial charge in [0.2, 0.25) is 0 Å². The summed E-state index contributed by atoms with van der Waals surface area (Å²) in [6.07, 6.45) is 5.90. The molecule has 1 unspecified atom stereocenters. The molecule has 0 saturated heterocycles. The maximum absolute atomic E-state index is 2.35. The SMILES string of the molecule is CC1C=CC2=C(C1)c1ccccc1C2(C)C. The number of fused-ring (bicyclic) bond motifs is 2. The van der Waals surface area contributed by atoms with E-state index >= 15 is 0 Å². The summed E-state index contributed by atoms with van der Waals surface area (Å²) < 4.78 is 0. The van der Waals surface area contributed by atoms with Crippen LogP contribution in [-0.2, 0) is 5.41 Å². The third-order valence-electron chi connectivity index (χ3n) is 4.04. The van der Waals surface area contributed by atoms with Gasteiger partial charge < -0.3 is 0 Å². The molecule has 0 spiro atoms.